The van der Waals surface area contributed by atoms with E-state index >= 15 is 0 Å². The van der Waals surface area contributed by atoms with Crippen molar-refractivity contribution >= 4 is 41.2 Å². The van der Waals surface area contributed by atoms with Crippen LogP contribution in [-0.2, 0) is 4.79 Å². The fraction of sp³-hybridized carbons (Fsp3) is 0.400. The third-order valence-electron chi connectivity index (χ3n) is 1.06. The molecule has 1 heterocycles. The lowest BCUT2D eigenvalue weighted by Crippen LogP contribution is -2.48. The molecule has 7 nitrogen and oxygen atoms in total. The van der Waals surface area contributed by atoms with Crippen LogP contribution in [0.1, 0.15) is 0 Å². The number of urea groups is 2. The molecule has 5 amide bonds. The Morgan fingerprint density at radius 3 is 2.29 bits per heavy atom. The van der Waals surface area contributed by atoms with Crippen molar-refractivity contribution in [2.75, 3.05) is 5.34 Å². The minimum atomic E-state index is -1.04. The molecule has 9 heteroatoms. The van der Waals surface area contributed by atoms with Crippen LogP contribution in [0.5, 0.6) is 0 Å². The number of hydrogen-bond donors (Lipinski definition) is 4. The lowest BCUT2D eigenvalue weighted by molar-refractivity contribution is -0.120. The standard InChI is InChI=1S/C4H6N4O3.CH2Cl2/c5-3(10)6-1-2(9)8-4(11)7-1;2-1-3/h1H,(H3,5,6,10)(H2,7,8,9,11);1H2. The van der Waals surface area contributed by atoms with Crippen LogP contribution in [0.25, 0.3) is 0 Å². The zero-order chi connectivity index (χ0) is 11.1. The number of rotatable bonds is 1. The van der Waals surface area contributed by atoms with Gasteiger partial charge in [0.15, 0.2) is 6.17 Å². The molecule has 1 rings (SSSR count). The van der Waals surface area contributed by atoms with Gasteiger partial charge in [-0.25, -0.2) is 9.59 Å². The van der Waals surface area contributed by atoms with Gasteiger partial charge in [0.2, 0.25) is 0 Å². The van der Waals surface area contributed by atoms with Gasteiger partial charge in [-0.3, -0.25) is 10.1 Å². The summed E-state index contributed by atoms with van der Waals surface area (Å²) in [6, 6.07) is -1.51. The number of imide groups is 1. The molecule has 14 heavy (non-hydrogen) atoms. The van der Waals surface area contributed by atoms with Crippen molar-refractivity contribution in [2.24, 2.45) is 5.73 Å². The van der Waals surface area contributed by atoms with Crippen LogP contribution in [0.2, 0.25) is 0 Å². The summed E-state index contributed by atoms with van der Waals surface area (Å²) in [6.45, 7) is 0. The number of amides is 5. The van der Waals surface area contributed by atoms with Gasteiger partial charge in [0, 0.05) is 0 Å². The average molecular weight is 243 g/mol. The van der Waals surface area contributed by atoms with Crippen LogP contribution in [0.15, 0.2) is 0 Å². The second-order valence-electron chi connectivity index (χ2n) is 2.01. The molecule has 1 atom stereocenters. The minimum Gasteiger partial charge on any atom is -0.352 e. The molecule has 0 aromatic rings. The van der Waals surface area contributed by atoms with E-state index in [9.17, 15) is 14.4 Å². The summed E-state index contributed by atoms with van der Waals surface area (Å²) in [7, 11) is 0. The SMILES string of the molecule is ClCCl.NC(=O)NC1NC(=O)NC1=O. The number of carbonyl (C=O) groups excluding carboxylic acids is 3. The zero-order valence-electron chi connectivity index (χ0n) is 6.84. The van der Waals surface area contributed by atoms with E-state index in [4.69, 9.17) is 28.9 Å². The lowest BCUT2D eigenvalue weighted by atomic mass is 10.5. The number of primary amides is 1. The van der Waals surface area contributed by atoms with Crippen LogP contribution in [-0.4, -0.2) is 29.5 Å². The topological polar surface area (TPSA) is 113 Å². The van der Waals surface area contributed by atoms with Crippen LogP contribution in [0.3, 0.4) is 0 Å². The van der Waals surface area contributed by atoms with Crippen LogP contribution < -0.4 is 21.7 Å². The Hall–Kier alpha value is -1.21. The van der Waals surface area contributed by atoms with Gasteiger partial charge >= 0.3 is 12.1 Å². The highest BCUT2D eigenvalue weighted by molar-refractivity contribution is 6.40. The van der Waals surface area contributed by atoms with E-state index in [1.807, 2.05) is 10.6 Å². The van der Waals surface area contributed by atoms with Crippen LogP contribution in [0, 0.1) is 0 Å². The summed E-state index contributed by atoms with van der Waals surface area (Å²) >= 11 is 9.53. The van der Waals surface area contributed by atoms with E-state index in [0.717, 1.165) is 0 Å². The smallest absolute Gasteiger partial charge is 0.323 e. The molecule has 1 saturated heterocycles. The first-order chi connectivity index (χ1) is 6.51. The fourth-order valence-electron chi connectivity index (χ4n) is 0.661. The number of nitrogens with one attached hydrogen (secondary N) is 3. The second-order valence-corrected chi connectivity index (χ2v) is 2.81. The molecule has 0 bridgehead atoms. The fourth-order valence-corrected chi connectivity index (χ4v) is 0.661. The molecule has 0 aliphatic carbocycles. The number of halogens is 2. The van der Waals surface area contributed by atoms with E-state index in [-0.39, 0.29) is 5.34 Å². The van der Waals surface area contributed by atoms with E-state index < -0.39 is 24.1 Å². The molecular formula is C5H8Cl2N4O3. The molecule has 0 radical (unpaired) electrons. The maximum atomic E-state index is 10.7. The molecule has 0 aromatic carbocycles. The number of alkyl halides is 2. The van der Waals surface area contributed by atoms with Gasteiger partial charge in [-0.2, -0.15) is 0 Å². The molecule has 5 N–H and O–H groups in total. The van der Waals surface area contributed by atoms with Gasteiger partial charge in [-0.1, -0.05) is 0 Å². The third-order valence-corrected chi connectivity index (χ3v) is 1.06. The van der Waals surface area contributed by atoms with Crippen LogP contribution in [0.4, 0.5) is 9.59 Å². The van der Waals surface area contributed by atoms with E-state index in [0.29, 0.717) is 0 Å². The van der Waals surface area contributed by atoms with E-state index in [2.05, 4.69) is 5.32 Å². The third kappa shape index (κ3) is 4.73. The quantitative estimate of drug-likeness (QED) is 0.358. The Labute approximate surface area is 89.3 Å². The summed E-state index contributed by atoms with van der Waals surface area (Å²) in [5, 5.41) is 6.25. The lowest BCUT2D eigenvalue weighted by Gasteiger charge is -2.05. The molecule has 1 aliphatic heterocycles. The molecule has 0 aromatic heterocycles. The van der Waals surface area contributed by atoms with Gasteiger partial charge in [0.1, 0.15) is 0 Å². The van der Waals surface area contributed by atoms with Gasteiger partial charge in [-0.05, 0) is 0 Å². The van der Waals surface area contributed by atoms with Crippen molar-refractivity contribution in [1.82, 2.24) is 16.0 Å². The Balaban J connectivity index is 0.000000500. The largest absolute Gasteiger partial charge is 0.352 e. The van der Waals surface area contributed by atoms with Gasteiger partial charge in [0.25, 0.3) is 5.91 Å². The molecule has 0 saturated carbocycles. The highest BCUT2D eigenvalue weighted by Crippen LogP contribution is 1.86. The molecule has 1 fully saturated rings. The Kier molecular flexibility index (Phi) is 5.73. The first-order valence-electron chi connectivity index (χ1n) is 3.30. The normalized spacial score (nSPS) is 18.9. The van der Waals surface area contributed by atoms with Gasteiger partial charge < -0.3 is 16.4 Å². The Bertz CT molecular complexity index is 247. The summed E-state index contributed by atoms with van der Waals surface area (Å²) in [4.78, 5) is 31.3. The predicted octanol–water partition coefficient (Wildman–Crippen LogP) is -0.758. The van der Waals surface area contributed by atoms with E-state index in [1.54, 1.807) is 0 Å². The van der Waals surface area contributed by atoms with Crippen molar-refractivity contribution < 1.29 is 14.4 Å². The molecule has 80 valence electrons. The first kappa shape index (κ1) is 12.8. The summed E-state index contributed by atoms with van der Waals surface area (Å²) in [5.74, 6) is -0.617. The second kappa shape index (κ2) is 6.28. The monoisotopic (exact) mass is 242 g/mol. The molecular weight excluding hydrogens is 235 g/mol. The number of hydrogen-bond acceptors (Lipinski definition) is 3. The highest BCUT2D eigenvalue weighted by Gasteiger charge is 2.29. The summed E-state index contributed by atoms with van der Waals surface area (Å²) in [6.07, 6.45) is -1.04. The minimum absolute atomic E-state index is 0.194. The van der Waals surface area contributed by atoms with Crippen molar-refractivity contribution in [2.45, 2.75) is 6.17 Å². The zero-order valence-corrected chi connectivity index (χ0v) is 8.35. The maximum Gasteiger partial charge on any atom is 0.323 e. The number of nitrogens with two attached hydrogens (primary N) is 1. The van der Waals surface area contributed by atoms with Gasteiger partial charge in [-0.15, -0.1) is 23.2 Å². The number of carbonyl (C=O) groups is 3. The van der Waals surface area contributed by atoms with Crippen molar-refractivity contribution in [1.29, 1.82) is 0 Å². The molecule has 1 unspecified atom stereocenters. The maximum absolute atomic E-state index is 10.7. The Morgan fingerprint density at radius 1 is 1.50 bits per heavy atom. The van der Waals surface area contributed by atoms with Crippen LogP contribution >= 0.6 is 23.2 Å². The molecule has 0 spiro atoms. The van der Waals surface area contributed by atoms with Crippen molar-refractivity contribution in [3.63, 3.8) is 0 Å². The Morgan fingerprint density at radius 2 is 2.00 bits per heavy atom. The first-order valence-corrected chi connectivity index (χ1v) is 4.37. The summed E-state index contributed by atoms with van der Waals surface area (Å²) in [5.41, 5.74) is 4.70. The van der Waals surface area contributed by atoms with Crippen molar-refractivity contribution in [3.05, 3.63) is 0 Å². The van der Waals surface area contributed by atoms with Gasteiger partial charge in [0.05, 0.1) is 5.34 Å². The van der Waals surface area contributed by atoms with Crippen molar-refractivity contribution in [3.8, 4) is 0 Å². The average Bonchev–Trinajstić information content (AvgIpc) is 2.30. The summed E-state index contributed by atoms with van der Waals surface area (Å²) < 4.78 is 0. The predicted molar refractivity (Wildman–Crippen MR) is 49.8 cm³/mol. The molecule has 1 aliphatic rings. The van der Waals surface area contributed by atoms with E-state index in [1.165, 1.54) is 0 Å². The highest BCUT2D eigenvalue weighted by atomic mass is 35.5.